The quantitative estimate of drug-likeness (QED) is 0.777. The average molecular weight is 225 g/mol. The molecule has 0 aromatic carbocycles. The third kappa shape index (κ3) is 4.12. The van der Waals surface area contributed by atoms with Crippen LogP contribution in [0.3, 0.4) is 0 Å². The van der Waals surface area contributed by atoms with Gasteiger partial charge in [-0.15, -0.1) is 0 Å². The van der Waals surface area contributed by atoms with Crippen molar-refractivity contribution in [3.8, 4) is 0 Å². The van der Waals surface area contributed by atoms with E-state index in [1.807, 2.05) is 0 Å². The third-order valence-electron chi connectivity index (χ3n) is 1.89. The van der Waals surface area contributed by atoms with Crippen molar-refractivity contribution in [1.29, 1.82) is 0 Å². The van der Waals surface area contributed by atoms with Crippen molar-refractivity contribution in [2.24, 2.45) is 0 Å². The molecule has 88 valence electrons. The van der Waals surface area contributed by atoms with Crippen molar-refractivity contribution in [3.05, 3.63) is 11.8 Å². The number of carbonyl (C=O) groups is 2. The molecule has 1 aromatic heterocycles. The Kier molecular flexibility index (Phi) is 4.50. The molecule has 16 heavy (non-hydrogen) atoms. The van der Waals surface area contributed by atoms with Crippen molar-refractivity contribution in [2.45, 2.75) is 26.7 Å². The average Bonchev–Trinajstić information content (AvgIpc) is 2.63. The van der Waals surface area contributed by atoms with E-state index in [0.717, 1.165) is 0 Å². The molecule has 0 atom stereocenters. The van der Waals surface area contributed by atoms with Crippen molar-refractivity contribution in [2.75, 3.05) is 11.9 Å². The maximum absolute atomic E-state index is 11.3. The zero-order valence-corrected chi connectivity index (χ0v) is 9.37. The standard InChI is InChI=1S/C10H15N3O3/c1-3-9(14)11-5-4-10(15)12-8-6-7(2)16-13-8/h6H,3-5H2,1-2H3,(H,11,14)(H,12,13,15). The summed E-state index contributed by atoms with van der Waals surface area (Å²) in [6.07, 6.45) is 0.641. The number of carbonyl (C=O) groups excluding carboxylic acids is 2. The van der Waals surface area contributed by atoms with Crippen molar-refractivity contribution >= 4 is 17.6 Å². The molecule has 0 radical (unpaired) electrons. The highest BCUT2D eigenvalue weighted by atomic mass is 16.5. The van der Waals surface area contributed by atoms with E-state index < -0.39 is 0 Å². The topological polar surface area (TPSA) is 84.2 Å². The Morgan fingerprint density at radius 2 is 2.19 bits per heavy atom. The molecule has 2 amide bonds. The molecule has 0 unspecified atom stereocenters. The lowest BCUT2D eigenvalue weighted by atomic mass is 10.3. The summed E-state index contributed by atoms with van der Waals surface area (Å²) in [7, 11) is 0. The summed E-state index contributed by atoms with van der Waals surface area (Å²) in [5.41, 5.74) is 0. The molecule has 0 aliphatic rings. The van der Waals surface area contributed by atoms with E-state index in [2.05, 4.69) is 15.8 Å². The van der Waals surface area contributed by atoms with E-state index in [1.165, 1.54) is 0 Å². The van der Waals surface area contributed by atoms with Crippen LogP contribution in [0.2, 0.25) is 0 Å². The highest BCUT2D eigenvalue weighted by Gasteiger charge is 2.06. The normalized spacial score (nSPS) is 9.88. The first kappa shape index (κ1) is 12.2. The Morgan fingerprint density at radius 1 is 1.44 bits per heavy atom. The predicted octanol–water partition coefficient (Wildman–Crippen LogP) is 0.838. The number of nitrogens with zero attached hydrogens (tertiary/aromatic N) is 1. The van der Waals surface area contributed by atoms with Gasteiger partial charge in [-0.2, -0.15) is 0 Å². The Labute approximate surface area is 93.4 Å². The van der Waals surface area contributed by atoms with Crippen LogP contribution in [0.25, 0.3) is 0 Å². The first-order chi connectivity index (χ1) is 7.61. The molecule has 1 rings (SSSR count). The van der Waals surface area contributed by atoms with Gasteiger partial charge in [0.2, 0.25) is 11.8 Å². The molecule has 0 bridgehead atoms. The second-order valence-corrected chi connectivity index (χ2v) is 3.32. The molecule has 0 spiro atoms. The van der Waals surface area contributed by atoms with Crippen molar-refractivity contribution in [1.82, 2.24) is 10.5 Å². The first-order valence-electron chi connectivity index (χ1n) is 5.11. The zero-order valence-electron chi connectivity index (χ0n) is 9.37. The summed E-state index contributed by atoms with van der Waals surface area (Å²) in [5.74, 6) is 0.758. The largest absolute Gasteiger partial charge is 0.360 e. The maximum atomic E-state index is 11.3. The number of aryl methyl sites for hydroxylation is 1. The van der Waals surface area contributed by atoms with Crippen LogP contribution >= 0.6 is 0 Å². The van der Waals surface area contributed by atoms with Crippen LogP contribution < -0.4 is 10.6 Å². The van der Waals surface area contributed by atoms with Gasteiger partial charge < -0.3 is 15.2 Å². The Bertz CT molecular complexity index is 373. The Morgan fingerprint density at radius 3 is 2.75 bits per heavy atom. The Hall–Kier alpha value is -1.85. The number of amides is 2. The smallest absolute Gasteiger partial charge is 0.227 e. The van der Waals surface area contributed by atoms with E-state index in [4.69, 9.17) is 4.52 Å². The van der Waals surface area contributed by atoms with Gasteiger partial charge in [0.15, 0.2) is 5.82 Å². The minimum atomic E-state index is -0.204. The van der Waals surface area contributed by atoms with E-state index in [0.29, 0.717) is 24.5 Å². The lowest BCUT2D eigenvalue weighted by Gasteiger charge is -2.02. The molecule has 6 heteroatoms. The number of anilines is 1. The van der Waals surface area contributed by atoms with Gasteiger partial charge in [0.25, 0.3) is 0 Å². The van der Waals surface area contributed by atoms with E-state index in [1.54, 1.807) is 19.9 Å². The minimum absolute atomic E-state index is 0.0647. The number of hydrogen-bond donors (Lipinski definition) is 2. The summed E-state index contributed by atoms with van der Waals surface area (Å²) in [6, 6.07) is 1.63. The fourth-order valence-corrected chi connectivity index (χ4v) is 1.07. The second kappa shape index (κ2) is 5.89. The Balaban J connectivity index is 2.23. The molecular weight excluding hydrogens is 210 g/mol. The van der Waals surface area contributed by atoms with Gasteiger partial charge in [0.05, 0.1) is 0 Å². The molecule has 6 nitrogen and oxygen atoms in total. The van der Waals surface area contributed by atoms with E-state index >= 15 is 0 Å². The number of nitrogens with one attached hydrogen (secondary N) is 2. The molecule has 1 aromatic rings. The van der Waals surface area contributed by atoms with Gasteiger partial charge in [-0.1, -0.05) is 12.1 Å². The molecule has 1 heterocycles. The molecule has 0 aliphatic heterocycles. The summed E-state index contributed by atoms with van der Waals surface area (Å²) >= 11 is 0. The summed E-state index contributed by atoms with van der Waals surface area (Å²) in [4.78, 5) is 22.2. The first-order valence-corrected chi connectivity index (χ1v) is 5.11. The van der Waals surface area contributed by atoms with Gasteiger partial charge in [-0.3, -0.25) is 9.59 Å². The van der Waals surface area contributed by atoms with Crippen LogP contribution in [0, 0.1) is 6.92 Å². The van der Waals surface area contributed by atoms with E-state index in [9.17, 15) is 9.59 Å². The van der Waals surface area contributed by atoms with Gasteiger partial charge >= 0.3 is 0 Å². The van der Waals surface area contributed by atoms with Crippen LogP contribution in [0.4, 0.5) is 5.82 Å². The summed E-state index contributed by atoms with van der Waals surface area (Å²) < 4.78 is 4.79. The predicted molar refractivity (Wildman–Crippen MR) is 57.8 cm³/mol. The second-order valence-electron chi connectivity index (χ2n) is 3.32. The molecule has 0 fully saturated rings. The fourth-order valence-electron chi connectivity index (χ4n) is 1.07. The maximum Gasteiger partial charge on any atom is 0.227 e. The summed E-state index contributed by atoms with van der Waals surface area (Å²) in [5, 5.41) is 8.79. The monoisotopic (exact) mass is 225 g/mol. The molecule has 0 saturated carbocycles. The van der Waals surface area contributed by atoms with Crippen LogP contribution in [0.15, 0.2) is 10.6 Å². The molecular formula is C10H15N3O3. The van der Waals surface area contributed by atoms with Crippen LogP contribution in [0.5, 0.6) is 0 Å². The number of aromatic nitrogens is 1. The van der Waals surface area contributed by atoms with Crippen LogP contribution in [-0.4, -0.2) is 23.5 Å². The van der Waals surface area contributed by atoms with Crippen molar-refractivity contribution < 1.29 is 14.1 Å². The lowest BCUT2D eigenvalue weighted by molar-refractivity contribution is -0.121. The molecule has 2 N–H and O–H groups in total. The summed E-state index contributed by atoms with van der Waals surface area (Å²) in [6.45, 7) is 3.83. The highest BCUT2D eigenvalue weighted by molar-refractivity contribution is 5.90. The zero-order chi connectivity index (χ0) is 12.0. The number of hydrogen-bond acceptors (Lipinski definition) is 4. The van der Waals surface area contributed by atoms with E-state index in [-0.39, 0.29) is 18.2 Å². The fraction of sp³-hybridized carbons (Fsp3) is 0.500. The minimum Gasteiger partial charge on any atom is -0.360 e. The van der Waals surface area contributed by atoms with Crippen LogP contribution in [-0.2, 0) is 9.59 Å². The lowest BCUT2D eigenvalue weighted by Crippen LogP contribution is -2.26. The van der Waals surface area contributed by atoms with Crippen LogP contribution in [0.1, 0.15) is 25.5 Å². The number of rotatable bonds is 5. The molecule has 0 saturated heterocycles. The SMILES string of the molecule is CCC(=O)NCCC(=O)Nc1cc(C)on1. The van der Waals surface area contributed by atoms with Gasteiger partial charge in [0, 0.05) is 25.5 Å². The van der Waals surface area contributed by atoms with Crippen molar-refractivity contribution in [3.63, 3.8) is 0 Å². The third-order valence-corrected chi connectivity index (χ3v) is 1.89. The van der Waals surface area contributed by atoms with Gasteiger partial charge in [0.1, 0.15) is 5.76 Å². The highest BCUT2D eigenvalue weighted by Crippen LogP contribution is 2.06. The molecule has 0 aliphatic carbocycles. The van der Waals surface area contributed by atoms with Gasteiger partial charge in [-0.25, -0.2) is 0 Å². The van der Waals surface area contributed by atoms with Gasteiger partial charge in [-0.05, 0) is 6.92 Å².